The molecule has 3 aromatic carbocycles. The summed E-state index contributed by atoms with van der Waals surface area (Å²) in [6, 6.07) is 12.9. The van der Waals surface area contributed by atoms with Gasteiger partial charge in [0, 0.05) is 28.4 Å². The van der Waals surface area contributed by atoms with Crippen molar-refractivity contribution in [2.45, 2.75) is 6.04 Å². The number of phenols is 1. The van der Waals surface area contributed by atoms with E-state index >= 15 is 0 Å². The summed E-state index contributed by atoms with van der Waals surface area (Å²) in [5.74, 6) is -4.64. The molecule has 1 fully saturated rings. The van der Waals surface area contributed by atoms with Crippen LogP contribution in [0.25, 0.3) is 5.76 Å². The Hall–Kier alpha value is -4.70. The Kier molecular flexibility index (Phi) is 5.98. The van der Waals surface area contributed by atoms with Crippen LogP contribution in [0.15, 0.2) is 72.3 Å². The number of aliphatic hydroxyl groups excluding tert-OH is 1. The van der Waals surface area contributed by atoms with Crippen molar-refractivity contribution in [2.75, 3.05) is 4.90 Å². The first-order valence-corrected chi connectivity index (χ1v) is 10.4. The highest BCUT2D eigenvalue weighted by atomic mass is 35.5. The summed E-state index contributed by atoms with van der Waals surface area (Å²) < 4.78 is 0. The minimum Gasteiger partial charge on any atom is -0.507 e. The number of aromatic hydroxyl groups is 1. The molecule has 1 saturated heterocycles. The highest BCUT2D eigenvalue weighted by molar-refractivity contribution is 6.51. The van der Waals surface area contributed by atoms with E-state index in [1.54, 1.807) is 0 Å². The molecule has 0 aromatic heterocycles. The maximum absolute atomic E-state index is 13.1. The van der Waals surface area contributed by atoms with Crippen LogP contribution in [0.3, 0.4) is 0 Å². The van der Waals surface area contributed by atoms with Gasteiger partial charge in [0.1, 0.15) is 17.1 Å². The van der Waals surface area contributed by atoms with Gasteiger partial charge in [-0.2, -0.15) is 0 Å². The highest BCUT2D eigenvalue weighted by Crippen LogP contribution is 2.43. The van der Waals surface area contributed by atoms with E-state index in [9.17, 15) is 39.8 Å². The van der Waals surface area contributed by atoms with Gasteiger partial charge in [-0.05, 0) is 60.2 Å². The summed E-state index contributed by atoms with van der Waals surface area (Å²) in [5, 5.41) is 41.7. The molecular formula is C24H15ClN2O8. The van der Waals surface area contributed by atoms with Gasteiger partial charge in [0.25, 0.3) is 17.4 Å². The van der Waals surface area contributed by atoms with E-state index in [1.807, 2.05) is 0 Å². The summed E-state index contributed by atoms with van der Waals surface area (Å²) in [7, 11) is 0. The molecule has 1 aliphatic heterocycles. The van der Waals surface area contributed by atoms with Crippen molar-refractivity contribution >= 4 is 46.4 Å². The molecule has 0 spiro atoms. The lowest BCUT2D eigenvalue weighted by Gasteiger charge is -2.25. The number of carbonyl (C=O) groups is 3. The van der Waals surface area contributed by atoms with Crippen molar-refractivity contribution in [3.63, 3.8) is 0 Å². The molecule has 1 heterocycles. The van der Waals surface area contributed by atoms with Crippen LogP contribution in [0.5, 0.6) is 5.75 Å². The molecule has 1 amide bonds. The van der Waals surface area contributed by atoms with Crippen LogP contribution in [-0.4, -0.2) is 37.9 Å². The van der Waals surface area contributed by atoms with E-state index in [0.717, 1.165) is 17.0 Å². The van der Waals surface area contributed by atoms with Gasteiger partial charge in [-0.15, -0.1) is 0 Å². The SMILES string of the molecule is O=C1C(=O)N(c2ccc(O)c(C(=O)O)c2)[C@@H](c2ccc([N+](=O)[O-])cc2)/C1=C(/O)c1ccc(Cl)cc1. The largest absolute Gasteiger partial charge is 0.507 e. The van der Waals surface area contributed by atoms with Gasteiger partial charge in [0.2, 0.25) is 0 Å². The van der Waals surface area contributed by atoms with Crippen LogP contribution in [0, 0.1) is 10.1 Å². The molecule has 10 nitrogen and oxygen atoms in total. The van der Waals surface area contributed by atoms with Crippen molar-refractivity contribution in [3.8, 4) is 5.75 Å². The smallest absolute Gasteiger partial charge is 0.339 e. The average Bonchev–Trinajstić information content (AvgIpc) is 3.09. The Balaban J connectivity index is 1.96. The van der Waals surface area contributed by atoms with Crippen molar-refractivity contribution in [3.05, 3.63) is 104 Å². The van der Waals surface area contributed by atoms with Gasteiger partial charge in [-0.3, -0.25) is 24.6 Å². The number of rotatable bonds is 5. The topological polar surface area (TPSA) is 158 Å². The summed E-state index contributed by atoms with van der Waals surface area (Å²) in [6.45, 7) is 0. The zero-order valence-electron chi connectivity index (χ0n) is 17.6. The Bertz CT molecular complexity index is 1410. The maximum Gasteiger partial charge on any atom is 0.339 e. The number of anilines is 1. The zero-order chi connectivity index (χ0) is 25.4. The second kappa shape index (κ2) is 8.92. The van der Waals surface area contributed by atoms with Gasteiger partial charge < -0.3 is 15.3 Å². The molecule has 0 unspecified atom stereocenters. The van der Waals surface area contributed by atoms with E-state index in [4.69, 9.17) is 11.6 Å². The number of nitro groups is 1. The number of nitro benzene ring substituents is 1. The van der Waals surface area contributed by atoms with Crippen LogP contribution >= 0.6 is 11.6 Å². The number of aliphatic hydroxyl groups is 1. The third kappa shape index (κ3) is 4.18. The molecule has 3 N–H and O–H groups in total. The predicted molar refractivity (Wildman–Crippen MR) is 124 cm³/mol. The minimum atomic E-state index is -1.46. The molecule has 4 rings (SSSR count). The molecule has 11 heteroatoms. The number of benzene rings is 3. The van der Waals surface area contributed by atoms with Crippen LogP contribution in [0.2, 0.25) is 5.02 Å². The Morgan fingerprint density at radius 1 is 0.971 bits per heavy atom. The van der Waals surface area contributed by atoms with E-state index < -0.39 is 45.7 Å². The Morgan fingerprint density at radius 3 is 2.17 bits per heavy atom. The molecular weight excluding hydrogens is 480 g/mol. The Labute approximate surface area is 202 Å². The third-order valence-corrected chi connectivity index (χ3v) is 5.72. The third-order valence-electron chi connectivity index (χ3n) is 5.47. The normalized spacial score (nSPS) is 16.9. The lowest BCUT2D eigenvalue weighted by atomic mass is 9.95. The van der Waals surface area contributed by atoms with Crippen LogP contribution in [-0.2, 0) is 9.59 Å². The lowest BCUT2D eigenvalue weighted by molar-refractivity contribution is -0.384. The molecule has 1 atom stereocenters. The predicted octanol–water partition coefficient (Wildman–Crippen LogP) is 4.28. The van der Waals surface area contributed by atoms with E-state index in [1.165, 1.54) is 54.6 Å². The molecule has 176 valence electrons. The van der Waals surface area contributed by atoms with Crippen LogP contribution in [0.4, 0.5) is 11.4 Å². The van der Waals surface area contributed by atoms with Crippen LogP contribution in [0.1, 0.15) is 27.5 Å². The maximum atomic E-state index is 13.1. The molecule has 0 radical (unpaired) electrons. The fourth-order valence-corrected chi connectivity index (χ4v) is 3.93. The second-order valence-corrected chi connectivity index (χ2v) is 7.97. The summed E-state index contributed by atoms with van der Waals surface area (Å²) in [4.78, 5) is 49.2. The number of carboxylic acids is 1. The number of Topliss-reactive ketones (excluding diaryl/α,β-unsaturated/α-hetero) is 1. The standard InChI is InChI=1S/C24H15ClN2O8/c25-14-5-1-13(2-6-14)21(29)19-20(12-3-7-15(8-4-12)27(34)35)26(23(31)22(19)30)16-9-10-18(28)17(11-16)24(32)33/h1-11,20,28-29H,(H,32,33)/b21-19-/t20-/m0/s1. The van der Waals surface area contributed by atoms with E-state index in [0.29, 0.717) is 5.02 Å². The molecule has 0 bridgehead atoms. The number of nitrogens with zero attached hydrogens (tertiary/aromatic N) is 2. The second-order valence-electron chi connectivity index (χ2n) is 7.53. The molecule has 0 aliphatic carbocycles. The summed E-state index contributed by atoms with van der Waals surface area (Å²) in [5.41, 5.74) is -0.658. The van der Waals surface area contributed by atoms with E-state index in [2.05, 4.69) is 0 Å². The monoisotopic (exact) mass is 494 g/mol. The van der Waals surface area contributed by atoms with Crippen molar-refractivity contribution in [1.82, 2.24) is 0 Å². The van der Waals surface area contributed by atoms with Crippen molar-refractivity contribution < 1.29 is 34.6 Å². The average molecular weight is 495 g/mol. The van der Waals surface area contributed by atoms with Crippen molar-refractivity contribution in [1.29, 1.82) is 0 Å². The number of hydrogen-bond donors (Lipinski definition) is 3. The van der Waals surface area contributed by atoms with Gasteiger partial charge in [-0.1, -0.05) is 11.6 Å². The number of carboxylic acid groups (broad SMARTS) is 1. The van der Waals surface area contributed by atoms with Gasteiger partial charge in [-0.25, -0.2) is 4.79 Å². The number of amides is 1. The number of halogens is 1. The molecule has 3 aromatic rings. The molecule has 1 aliphatic rings. The highest BCUT2D eigenvalue weighted by Gasteiger charge is 2.47. The van der Waals surface area contributed by atoms with Gasteiger partial charge in [0.05, 0.1) is 16.5 Å². The quantitative estimate of drug-likeness (QED) is 0.156. The van der Waals surface area contributed by atoms with Gasteiger partial charge in [0.15, 0.2) is 0 Å². The first-order chi connectivity index (χ1) is 16.6. The molecule has 0 saturated carbocycles. The summed E-state index contributed by atoms with van der Waals surface area (Å²) >= 11 is 5.90. The minimum absolute atomic E-state index is 0.0409. The number of aromatic carboxylic acids is 1. The molecule has 35 heavy (non-hydrogen) atoms. The first-order valence-electron chi connectivity index (χ1n) is 9.97. The van der Waals surface area contributed by atoms with E-state index in [-0.39, 0.29) is 28.1 Å². The zero-order valence-corrected chi connectivity index (χ0v) is 18.3. The number of hydrogen-bond acceptors (Lipinski definition) is 7. The number of carbonyl (C=O) groups excluding carboxylic acids is 2. The fourth-order valence-electron chi connectivity index (χ4n) is 3.80. The summed E-state index contributed by atoms with van der Waals surface area (Å²) in [6.07, 6.45) is 0. The van der Waals surface area contributed by atoms with Gasteiger partial charge >= 0.3 is 5.97 Å². The lowest BCUT2D eigenvalue weighted by Crippen LogP contribution is -2.29. The fraction of sp³-hybridized carbons (Fsp3) is 0.0417. The first kappa shape index (κ1) is 23.5. The Morgan fingerprint density at radius 2 is 1.60 bits per heavy atom. The van der Waals surface area contributed by atoms with Crippen molar-refractivity contribution in [2.24, 2.45) is 0 Å². The van der Waals surface area contributed by atoms with Crippen LogP contribution < -0.4 is 4.90 Å². The number of non-ortho nitro benzene ring substituents is 1. The number of ketones is 1.